The summed E-state index contributed by atoms with van der Waals surface area (Å²) >= 11 is 0. The summed E-state index contributed by atoms with van der Waals surface area (Å²) in [6, 6.07) is 5.37. The molecule has 1 aromatic carbocycles. The van der Waals surface area contributed by atoms with Crippen LogP contribution in [0.5, 0.6) is 11.5 Å². The third-order valence-corrected chi connectivity index (χ3v) is 5.83. The summed E-state index contributed by atoms with van der Waals surface area (Å²) in [6.45, 7) is 1.15. The topological polar surface area (TPSA) is 84.9 Å². The van der Waals surface area contributed by atoms with Gasteiger partial charge in [-0.1, -0.05) is 0 Å². The Labute approximate surface area is 157 Å². The van der Waals surface area contributed by atoms with Gasteiger partial charge < -0.3 is 14.4 Å². The van der Waals surface area contributed by atoms with Crippen LogP contribution in [-0.2, 0) is 14.8 Å². The van der Waals surface area contributed by atoms with E-state index in [9.17, 15) is 22.0 Å². The number of carbonyl (C=O) groups excluding carboxylic acids is 1. The van der Waals surface area contributed by atoms with E-state index in [1.54, 1.807) is 11.8 Å². The van der Waals surface area contributed by atoms with E-state index in [0.717, 1.165) is 0 Å². The minimum Gasteiger partial charge on any atom is -0.493 e. The molecule has 0 spiro atoms. The number of hydrogen-bond donors (Lipinski definition) is 1. The summed E-state index contributed by atoms with van der Waals surface area (Å²) in [6.07, 6.45) is 0.494. The van der Waals surface area contributed by atoms with Crippen molar-refractivity contribution in [3.05, 3.63) is 24.3 Å². The molecule has 2 rings (SSSR count). The van der Waals surface area contributed by atoms with Crippen molar-refractivity contribution in [3.63, 3.8) is 0 Å². The second kappa shape index (κ2) is 9.32. The Morgan fingerprint density at radius 2 is 1.93 bits per heavy atom. The van der Waals surface area contributed by atoms with Crippen LogP contribution >= 0.6 is 0 Å². The lowest BCUT2D eigenvalue weighted by Gasteiger charge is -2.38. The number of rotatable bonds is 8. The maximum absolute atomic E-state index is 12.2. The van der Waals surface area contributed by atoms with E-state index in [0.29, 0.717) is 25.3 Å². The Morgan fingerprint density at radius 3 is 2.48 bits per heavy atom. The van der Waals surface area contributed by atoms with E-state index in [4.69, 9.17) is 4.74 Å². The van der Waals surface area contributed by atoms with Gasteiger partial charge in [0.05, 0.1) is 12.4 Å². The van der Waals surface area contributed by atoms with Crippen LogP contribution in [0.4, 0.5) is 8.78 Å². The highest BCUT2D eigenvalue weighted by atomic mass is 32.2. The third-order valence-electron chi connectivity index (χ3n) is 4.40. The first-order valence-corrected chi connectivity index (χ1v) is 10.3. The summed E-state index contributed by atoms with van der Waals surface area (Å²) in [5, 5.41) is 0. The highest BCUT2D eigenvalue weighted by molar-refractivity contribution is 7.89. The standard InChI is InChI=1S/C17H24F2N2O5S/c1-3-27(23,24)20-16-8-9-21(12(2)22)10-13(16)11-25-14-4-6-15(7-5-14)26-17(18)19/h4-7,13,16-17,20H,3,8-11H2,1-2H3/t13-,16+/m1/s1. The largest absolute Gasteiger partial charge is 0.493 e. The molecule has 0 aliphatic carbocycles. The van der Waals surface area contributed by atoms with E-state index < -0.39 is 16.6 Å². The quantitative estimate of drug-likeness (QED) is 0.712. The predicted molar refractivity (Wildman–Crippen MR) is 95.3 cm³/mol. The normalized spacial score (nSPS) is 20.6. The average molecular weight is 406 g/mol. The van der Waals surface area contributed by atoms with Crippen LogP contribution in [0.1, 0.15) is 20.3 Å². The van der Waals surface area contributed by atoms with Crippen LogP contribution in [0.25, 0.3) is 0 Å². The Kier molecular flexibility index (Phi) is 7.37. The first-order valence-electron chi connectivity index (χ1n) is 8.63. The highest BCUT2D eigenvalue weighted by Crippen LogP contribution is 2.23. The number of ether oxygens (including phenoxy) is 2. The van der Waals surface area contributed by atoms with Gasteiger partial charge >= 0.3 is 6.61 Å². The molecule has 1 fully saturated rings. The first-order chi connectivity index (χ1) is 12.7. The van der Waals surface area contributed by atoms with Gasteiger partial charge in [0.1, 0.15) is 11.5 Å². The van der Waals surface area contributed by atoms with E-state index in [1.165, 1.54) is 31.2 Å². The van der Waals surface area contributed by atoms with Crippen molar-refractivity contribution in [2.24, 2.45) is 5.92 Å². The number of nitrogens with zero attached hydrogens (tertiary/aromatic N) is 1. The van der Waals surface area contributed by atoms with E-state index in [2.05, 4.69) is 9.46 Å². The maximum atomic E-state index is 12.2. The van der Waals surface area contributed by atoms with Gasteiger partial charge in [-0.25, -0.2) is 13.1 Å². The van der Waals surface area contributed by atoms with Crippen molar-refractivity contribution in [2.75, 3.05) is 25.4 Å². The number of sulfonamides is 1. The van der Waals surface area contributed by atoms with Crippen LogP contribution < -0.4 is 14.2 Å². The zero-order valence-electron chi connectivity index (χ0n) is 15.2. The van der Waals surface area contributed by atoms with Gasteiger partial charge in [0.25, 0.3) is 0 Å². The number of nitrogens with one attached hydrogen (secondary N) is 1. The van der Waals surface area contributed by atoms with Crippen molar-refractivity contribution >= 4 is 15.9 Å². The molecule has 0 bridgehead atoms. The molecule has 2 atom stereocenters. The molecule has 1 saturated heterocycles. The number of carbonyl (C=O) groups is 1. The molecule has 0 saturated carbocycles. The molecule has 10 heteroatoms. The predicted octanol–water partition coefficient (Wildman–Crippen LogP) is 1.84. The van der Waals surface area contributed by atoms with E-state index in [-0.39, 0.29) is 36.0 Å². The van der Waals surface area contributed by atoms with Gasteiger partial charge in [-0.05, 0) is 37.6 Å². The molecule has 0 unspecified atom stereocenters. The number of halogens is 2. The lowest BCUT2D eigenvalue weighted by Crippen LogP contribution is -2.53. The molecular formula is C17H24F2N2O5S. The number of benzene rings is 1. The Balaban J connectivity index is 2.02. The summed E-state index contributed by atoms with van der Waals surface area (Å²) < 4.78 is 60.8. The summed E-state index contributed by atoms with van der Waals surface area (Å²) in [5.41, 5.74) is 0. The number of piperidine rings is 1. The fourth-order valence-electron chi connectivity index (χ4n) is 2.88. The monoisotopic (exact) mass is 406 g/mol. The zero-order valence-corrected chi connectivity index (χ0v) is 16.0. The average Bonchev–Trinajstić information content (AvgIpc) is 2.61. The zero-order chi connectivity index (χ0) is 20.0. The van der Waals surface area contributed by atoms with Gasteiger partial charge in [0, 0.05) is 32.0 Å². The number of likely N-dealkylation sites (tertiary alicyclic amines) is 1. The first kappa shape index (κ1) is 21.4. The maximum Gasteiger partial charge on any atom is 0.387 e. The summed E-state index contributed by atoms with van der Waals surface area (Å²) in [5.74, 6) is 0.116. The van der Waals surface area contributed by atoms with Crippen molar-refractivity contribution in [2.45, 2.75) is 32.9 Å². The van der Waals surface area contributed by atoms with E-state index in [1.807, 2.05) is 0 Å². The molecule has 1 aliphatic heterocycles. The van der Waals surface area contributed by atoms with Crippen LogP contribution in [0.2, 0.25) is 0 Å². The van der Waals surface area contributed by atoms with Crippen LogP contribution in [0.3, 0.4) is 0 Å². The second-order valence-corrected chi connectivity index (χ2v) is 8.35. The van der Waals surface area contributed by atoms with Gasteiger partial charge in [-0.2, -0.15) is 8.78 Å². The molecule has 7 nitrogen and oxygen atoms in total. The minimum absolute atomic E-state index is 0.0198. The lowest BCUT2D eigenvalue weighted by atomic mass is 9.93. The molecule has 1 amide bonds. The Morgan fingerprint density at radius 1 is 1.30 bits per heavy atom. The molecule has 1 aromatic rings. The highest BCUT2D eigenvalue weighted by Gasteiger charge is 2.33. The fourth-order valence-corrected chi connectivity index (χ4v) is 3.82. The van der Waals surface area contributed by atoms with Crippen LogP contribution in [0, 0.1) is 5.92 Å². The Hall–Kier alpha value is -1.94. The molecule has 1 heterocycles. The van der Waals surface area contributed by atoms with Gasteiger partial charge in [-0.3, -0.25) is 4.79 Å². The number of hydrogen-bond acceptors (Lipinski definition) is 5. The van der Waals surface area contributed by atoms with Crippen molar-refractivity contribution in [3.8, 4) is 11.5 Å². The van der Waals surface area contributed by atoms with Gasteiger partial charge in [-0.15, -0.1) is 0 Å². The second-order valence-electron chi connectivity index (χ2n) is 6.30. The third kappa shape index (κ3) is 6.62. The lowest BCUT2D eigenvalue weighted by molar-refractivity contribution is -0.131. The minimum atomic E-state index is -3.39. The smallest absolute Gasteiger partial charge is 0.387 e. The van der Waals surface area contributed by atoms with Crippen LogP contribution in [0.15, 0.2) is 24.3 Å². The van der Waals surface area contributed by atoms with Crippen LogP contribution in [-0.4, -0.2) is 57.3 Å². The molecule has 27 heavy (non-hydrogen) atoms. The van der Waals surface area contributed by atoms with E-state index >= 15 is 0 Å². The SMILES string of the molecule is CCS(=O)(=O)N[C@H]1CCN(C(C)=O)C[C@@H]1COc1ccc(OC(F)F)cc1. The molecule has 1 N–H and O–H groups in total. The van der Waals surface area contributed by atoms with Crippen molar-refractivity contribution < 1.29 is 31.5 Å². The summed E-state index contributed by atoms with van der Waals surface area (Å²) in [4.78, 5) is 13.3. The van der Waals surface area contributed by atoms with Crippen molar-refractivity contribution in [1.82, 2.24) is 9.62 Å². The molecular weight excluding hydrogens is 382 g/mol. The molecule has 0 radical (unpaired) electrons. The molecule has 152 valence electrons. The Bertz CT molecular complexity index is 727. The van der Waals surface area contributed by atoms with Gasteiger partial charge in [0.15, 0.2) is 0 Å². The number of alkyl halides is 2. The molecule has 1 aliphatic rings. The van der Waals surface area contributed by atoms with Crippen molar-refractivity contribution in [1.29, 1.82) is 0 Å². The summed E-state index contributed by atoms with van der Waals surface area (Å²) in [7, 11) is -3.39. The van der Waals surface area contributed by atoms with Gasteiger partial charge in [0.2, 0.25) is 15.9 Å². The fraction of sp³-hybridized carbons (Fsp3) is 0.588. The molecule has 0 aromatic heterocycles. The number of amides is 1.